The largest absolute Gasteiger partial charge is 0.467 e. The van der Waals surface area contributed by atoms with E-state index in [1.165, 1.54) is 7.11 Å². The molecule has 2 rings (SSSR count). The lowest BCUT2D eigenvalue weighted by molar-refractivity contribution is -0.141. The van der Waals surface area contributed by atoms with E-state index in [1.54, 1.807) is 17.3 Å². The lowest BCUT2D eigenvalue weighted by atomic mass is 10.1. The lowest BCUT2D eigenvalue weighted by Crippen LogP contribution is -2.55. The SMILES string of the molecule is COC(=O)C1N=CSC1CNC1CN(P)C1. The standard InChI is InChI=1S/C9H16N3O2PS/c1-14-9(13)8-7(16-5-11-8)2-10-6-3-12(15)4-6/h5-8,10H,2-4,15H2,1H3. The maximum atomic E-state index is 11.4. The van der Waals surface area contributed by atoms with Crippen LogP contribution < -0.4 is 5.32 Å². The van der Waals surface area contributed by atoms with Crippen LogP contribution in [-0.4, -0.2) is 60.3 Å². The van der Waals surface area contributed by atoms with Gasteiger partial charge in [-0.25, -0.2) is 4.79 Å². The highest BCUT2D eigenvalue weighted by atomic mass is 32.2. The second-order valence-electron chi connectivity index (χ2n) is 3.96. The quantitative estimate of drug-likeness (QED) is 0.558. The van der Waals surface area contributed by atoms with E-state index in [-0.39, 0.29) is 17.3 Å². The Balaban J connectivity index is 1.74. The van der Waals surface area contributed by atoms with Gasteiger partial charge < -0.3 is 10.1 Å². The number of methoxy groups -OCH3 is 1. The van der Waals surface area contributed by atoms with E-state index in [9.17, 15) is 4.79 Å². The molecule has 0 radical (unpaired) electrons. The van der Waals surface area contributed by atoms with E-state index in [0.29, 0.717) is 6.04 Å². The summed E-state index contributed by atoms with van der Waals surface area (Å²) in [5, 5.41) is 3.61. The summed E-state index contributed by atoms with van der Waals surface area (Å²) in [6.07, 6.45) is 0. The van der Waals surface area contributed by atoms with Gasteiger partial charge in [0.15, 0.2) is 6.04 Å². The van der Waals surface area contributed by atoms with Crippen LogP contribution in [0.2, 0.25) is 0 Å². The van der Waals surface area contributed by atoms with Crippen LogP contribution >= 0.6 is 21.2 Å². The number of nitrogens with zero attached hydrogens (tertiary/aromatic N) is 2. The topological polar surface area (TPSA) is 53.9 Å². The van der Waals surface area contributed by atoms with Crippen molar-refractivity contribution in [3.8, 4) is 0 Å². The van der Waals surface area contributed by atoms with Crippen molar-refractivity contribution in [2.45, 2.75) is 17.3 Å². The maximum Gasteiger partial charge on any atom is 0.331 e. The molecule has 1 saturated heterocycles. The molecule has 3 unspecified atom stereocenters. The zero-order valence-corrected chi connectivity index (χ0v) is 11.1. The number of carbonyl (C=O) groups excluding carboxylic acids is 1. The third-order valence-electron chi connectivity index (χ3n) is 2.77. The Morgan fingerprint density at radius 1 is 1.75 bits per heavy atom. The summed E-state index contributed by atoms with van der Waals surface area (Å²) >= 11 is 1.60. The summed E-state index contributed by atoms with van der Waals surface area (Å²) in [4.78, 5) is 15.5. The van der Waals surface area contributed by atoms with E-state index < -0.39 is 0 Å². The van der Waals surface area contributed by atoms with Crippen molar-refractivity contribution >= 4 is 32.7 Å². The molecule has 90 valence electrons. The molecule has 0 saturated carbocycles. The fraction of sp³-hybridized carbons (Fsp3) is 0.778. The Kier molecular flexibility index (Phi) is 4.19. The van der Waals surface area contributed by atoms with Crippen molar-refractivity contribution in [3.63, 3.8) is 0 Å². The first-order chi connectivity index (χ1) is 7.70. The first-order valence-electron chi connectivity index (χ1n) is 5.18. The van der Waals surface area contributed by atoms with Crippen LogP contribution in [0.25, 0.3) is 0 Å². The number of carbonyl (C=O) groups is 1. The summed E-state index contributed by atoms with van der Waals surface area (Å²) in [5.74, 6) is -0.241. The summed E-state index contributed by atoms with van der Waals surface area (Å²) in [7, 11) is 4.08. The number of nitrogens with one attached hydrogen (secondary N) is 1. The molecule has 0 amide bonds. The first-order valence-corrected chi connectivity index (χ1v) is 6.64. The van der Waals surface area contributed by atoms with Crippen molar-refractivity contribution in [3.05, 3.63) is 0 Å². The van der Waals surface area contributed by atoms with Crippen LogP contribution in [0.4, 0.5) is 0 Å². The number of rotatable bonds is 4. The minimum Gasteiger partial charge on any atom is -0.467 e. The van der Waals surface area contributed by atoms with Gasteiger partial charge in [-0.15, -0.1) is 11.8 Å². The second kappa shape index (κ2) is 5.45. The van der Waals surface area contributed by atoms with Gasteiger partial charge in [0, 0.05) is 25.7 Å². The Morgan fingerprint density at radius 2 is 2.50 bits per heavy atom. The number of thioether (sulfide) groups is 1. The summed E-state index contributed by atoms with van der Waals surface area (Å²) in [6.45, 7) is 2.89. The van der Waals surface area contributed by atoms with Gasteiger partial charge in [0.25, 0.3) is 0 Å². The molecule has 0 aliphatic carbocycles. The lowest BCUT2D eigenvalue weighted by Gasteiger charge is -2.37. The Bertz CT molecular complexity index is 296. The molecule has 0 aromatic rings. The molecule has 3 atom stereocenters. The van der Waals surface area contributed by atoms with Gasteiger partial charge in [0.05, 0.1) is 17.9 Å². The van der Waals surface area contributed by atoms with E-state index >= 15 is 0 Å². The molecule has 0 spiro atoms. The number of ether oxygens (including phenoxy) is 1. The predicted octanol–water partition coefficient (Wildman–Crippen LogP) is -0.264. The van der Waals surface area contributed by atoms with Crippen molar-refractivity contribution in [2.24, 2.45) is 4.99 Å². The number of aliphatic imine (C=N–C) groups is 1. The van der Waals surface area contributed by atoms with Gasteiger partial charge in [-0.2, -0.15) is 0 Å². The van der Waals surface area contributed by atoms with Gasteiger partial charge in [0.1, 0.15) is 0 Å². The van der Waals surface area contributed by atoms with Gasteiger partial charge in [0.2, 0.25) is 0 Å². The van der Waals surface area contributed by atoms with Crippen LogP contribution in [0.5, 0.6) is 0 Å². The van der Waals surface area contributed by atoms with Crippen molar-refractivity contribution in [1.29, 1.82) is 0 Å². The van der Waals surface area contributed by atoms with Crippen LogP contribution in [0.3, 0.4) is 0 Å². The van der Waals surface area contributed by atoms with Crippen LogP contribution in [0.1, 0.15) is 0 Å². The highest BCUT2D eigenvalue weighted by molar-refractivity contribution is 8.13. The minimum absolute atomic E-state index is 0.172. The molecule has 1 fully saturated rings. The fourth-order valence-corrected chi connectivity index (χ4v) is 3.16. The smallest absolute Gasteiger partial charge is 0.331 e. The summed E-state index contributed by atoms with van der Waals surface area (Å²) < 4.78 is 6.90. The van der Waals surface area contributed by atoms with Gasteiger partial charge in [-0.05, 0) is 0 Å². The fourth-order valence-electron chi connectivity index (χ4n) is 1.77. The van der Waals surface area contributed by atoms with Crippen molar-refractivity contribution in [2.75, 3.05) is 26.7 Å². The molecule has 5 nitrogen and oxygen atoms in total. The maximum absolute atomic E-state index is 11.4. The Hall–Kier alpha value is -0.160. The minimum atomic E-state index is -0.338. The number of hydrogen-bond acceptors (Lipinski definition) is 6. The van der Waals surface area contributed by atoms with E-state index in [2.05, 4.69) is 24.4 Å². The molecule has 0 aromatic carbocycles. The Morgan fingerprint density at radius 3 is 3.12 bits per heavy atom. The molecular formula is C9H16N3O2PS. The van der Waals surface area contributed by atoms with Gasteiger partial charge in [-0.3, -0.25) is 9.66 Å². The first kappa shape index (κ1) is 12.3. The van der Waals surface area contributed by atoms with Crippen molar-refractivity contribution in [1.82, 2.24) is 9.99 Å². The molecule has 0 bridgehead atoms. The second-order valence-corrected chi connectivity index (χ2v) is 5.77. The molecule has 16 heavy (non-hydrogen) atoms. The zero-order chi connectivity index (χ0) is 11.5. The van der Waals surface area contributed by atoms with E-state index in [0.717, 1.165) is 19.6 Å². The third kappa shape index (κ3) is 2.74. The molecule has 2 heterocycles. The summed E-state index contributed by atoms with van der Waals surface area (Å²) in [5.41, 5.74) is 1.75. The third-order valence-corrected chi connectivity index (χ3v) is 4.21. The highest BCUT2D eigenvalue weighted by Gasteiger charge is 2.33. The van der Waals surface area contributed by atoms with E-state index in [4.69, 9.17) is 4.74 Å². The predicted molar refractivity (Wildman–Crippen MR) is 68.7 cm³/mol. The van der Waals surface area contributed by atoms with Crippen LogP contribution in [-0.2, 0) is 9.53 Å². The highest BCUT2D eigenvalue weighted by Crippen LogP contribution is 2.23. The van der Waals surface area contributed by atoms with Crippen LogP contribution in [0.15, 0.2) is 4.99 Å². The number of hydrogen-bond donors (Lipinski definition) is 1. The molecule has 0 aromatic heterocycles. The van der Waals surface area contributed by atoms with Gasteiger partial charge in [-0.1, -0.05) is 9.39 Å². The van der Waals surface area contributed by atoms with E-state index in [1.807, 2.05) is 0 Å². The molecule has 2 aliphatic heterocycles. The van der Waals surface area contributed by atoms with Crippen LogP contribution in [0, 0.1) is 0 Å². The molecule has 2 aliphatic rings. The van der Waals surface area contributed by atoms with Gasteiger partial charge >= 0.3 is 5.97 Å². The average Bonchev–Trinajstić information content (AvgIpc) is 2.69. The molecule has 7 heteroatoms. The average molecular weight is 261 g/mol. The normalized spacial score (nSPS) is 30.4. The molecule has 1 N–H and O–H groups in total. The summed E-state index contributed by atoms with van der Waals surface area (Å²) in [6, 6.07) is 0.201. The zero-order valence-electron chi connectivity index (χ0n) is 9.13. The number of esters is 1. The monoisotopic (exact) mass is 261 g/mol. The van der Waals surface area contributed by atoms with Crippen molar-refractivity contribution < 1.29 is 9.53 Å². The Labute approximate surface area is 102 Å². The molecular weight excluding hydrogens is 245 g/mol.